The lowest BCUT2D eigenvalue weighted by Crippen LogP contribution is -2.09. The first-order valence-electron chi connectivity index (χ1n) is 3.81. The van der Waals surface area contributed by atoms with Crippen molar-refractivity contribution in [3.05, 3.63) is 29.4 Å². The molecule has 1 aromatic rings. The molecule has 0 N–H and O–H groups in total. The number of nitrogens with zero attached hydrogens (tertiary/aromatic N) is 2. The van der Waals surface area contributed by atoms with E-state index in [9.17, 15) is 4.79 Å². The van der Waals surface area contributed by atoms with Crippen LogP contribution in [0.4, 0.5) is 0 Å². The monoisotopic (exact) mass is 160 g/mol. The van der Waals surface area contributed by atoms with Gasteiger partial charge in [-0.3, -0.25) is 4.79 Å². The van der Waals surface area contributed by atoms with E-state index >= 15 is 0 Å². The van der Waals surface area contributed by atoms with Gasteiger partial charge in [0.25, 0.3) is 0 Å². The predicted molar refractivity (Wildman–Crippen MR) is 44.8 cm³/mol. The molecule has 2 rings (SSSR count). The Hall–Kier alpha value is -1.51. The van der Waals surface area contributed by atoms with Crippen molar-refractivity contribution < 1.29 is 4.79 Å². The first kappa shape index (κ1) is 7.16. The fraction of sp³-hybridized carbons (Fsp3) is 0.222. The summed E-state index contributed by atoms with van der Waals surface area (Å²) < 4.78 is 0. The number of rotatable bonds is 0. The molecule has 60 valence electrons. The topological polar surface area (TPSA) is 42.9 Å². The number of fused-ring (bicyclic) bond motifs is 1. The van der Waals surface area contributed by atoms with Crippen LogP contribution in [-0.4, -0.2) is 15.8 Å². The number of allylic oxidation sites excluding steroid dienone is 1. The molecule has 0 bridgehead atoms. The van der Waals surface area contributed by atoms with Crippen molar-refractivity contribution in [2.75, 3.05) is 0 Å². The smallest absolute Gasteiger partial charge is 0.185 e. The van der Waals surface area contributed by atoms with Crippen LogP contribution in [0.2, 0.25) is 0 Å². The highest BCUT2D eigenvalue weighted by Gasteiger charge is 2.14. The van der Waals surface area contributed by atoms with Crippen LogP contribution in [-0.2, 0) is 0 Å². The van der Waals surface area contributed by atoms with Crippen molar-refractivity contribution in [2.24, 2.45) is 0 Å². The fourth-order valence-corrected chi connectivity index (χ4v) is 1.21. The molecular weight excluding hydrogens is 152 g/mol. The van der Waals surface area contributed by atoms with E-state index in [1.807, 2.05) is 12.2 Å². The zero-order chi connectivity index (χ0) is 8.55. The number of ketones is 1. The average molecular weight is 160 g/mol. The molecule has 0 atom stereocenters. The number of carbonyl (C=O) groups is 1. The van der Waals surface area contributed by atoms with Crippen molar-refractivity contribution in [3.63, 3.8) is 0 Å². The Morgan fingerprint density at radius 2 is 2.33 bits per heavy atom. The minimum Gasteiger partial charge on any atom is -0.292 e. The Morgan fingerprint density at radius 1 is 1.50 bits per heavy atom. The van der Waals surface area contributed by atoms with E-state index in [2.05, 4.69) is 9.97 Å². The molecule has 1 aliphatic rings. The Morgan fingerprint density at radius 3 is 3.17 bits per heavy atom. The second-order valence-electron chi connectivity index (χ2n) is 2.75. The van der Waals surface area contributed by atoms with Gasteiger partial charge in [-0.05, 0) is 6.92 Å². The summed E-state index contributed by atoms with van der Waals surface area (Å²) in [5, 5.41) is 0. The van der Waals surface area contributed by atoms with Gasteiger partial charge in [0.15, 0.2) is 5.78 Å². The van der Waals surface area contributed by atoms with E-state index in [0.29, 0.717) is 17.9 Å². The molecule has 0 fully saturated rings. The number of carbonyl (C=O) groups excluding carboxylic acids is 1. The fourth-order valence-electron chi connectivity index (χ4n) is 1.21. The minimum absolute atomic E-state index is 0.0815. The standard InChI is InChI=1S/C9H8N2O/c1-6-10-5-7-3-2-4-8(12)9(7)11-6/h2-3,5H,4H2,1H3. The van der Waals surface area contributed by atoms with E-state index in [4.69, 9.17) is 0 Å². The van der Waals surface area contributed by atoms with Crippen LogP contribution in [0.3, 0.4) is 0 Å². The summed E-state index contributed by atoms with van der Waals surface area (Å²) in [6.07, 6.45) is 5.87. The summed E-state index contributed by atoms with van der Waals surface area (Å²) in [6.45, 7) is 1.78. The molecule has 3 heteroatoms. The molecule has 1 heterocycles. The van der Waals surface area contributed by atoms with Gasteiger partial charge >= 0.3 is 0 Å². The van der Waals surface area contributed by atoms with Crippen LogP contribution in [0.1, 0.15) is 28.3 Å². The second-order valence-corrected chi connectivity index (χ2v) is 2.75. The van der Waals surface area contributed by atoms with Gasteiger partial charge in [0.1, 0.15) is 11.5 Å². The molecular formula is C9H8N2O. The lowest BCUT2D eigenvalue weighted by molar-refractivity contribution is 0.0989. The zero-order valence-corrected chi connectivity index (χ0v) is 6.74. The van der Waals surface area contributed by atoms with Crippen molar-refractivity contribution in [3.8, 4) is 0 Å². The number of hydrogen-bond acceptors (Lipinski definition) is 3. The van der Waals surface area contributed by atoms with Crippen molar-refractivity contribution >= 4 is 11.9 Å². The lowest BCUT2D eigenvalue weighted by Gasteiger charge is -2.07. The largest absolute Gasteiger partial charge is 0.292 e. The summed E-state index contributed by atoms with van der Waals surface area (Å²) in [5.74, 6) is 0.732. The quantitative estimate of drug-likeness (QED) is 0.575. The van der Waals surface area contributed by atoms with Gasteiger partial charge in [0.2, 0.25) is 0 Å². The molecule has 0 saturated carbocycles. The highest BCUT2D eigenvalue weighted by Crippen LogP contribution is 2.15. The van der Waals surface area contributed by atoms with Crippen LogP contribution < -0.4 is 0 Å². The molecule has 0 radical (unpaired) electrons. The zero-order valence-electron chi connectivity index (χ0n) is 6.74. The SMILES string of the molecule is Cc1ncc2c(n1)C(=O)CC=C2. The van der Waals surface area contributed by atoms with Crippen molar-refractivity contribution in [1.82, 2.24) is 9.97 Å². The van der Waals surface area contributed by atoms with E-state index < -0.39 is 0 Å². The van der Waals surface area contributed by atoms with Crippen LogP contribution >= 0.6 is 0 Å². The number of aryl methyl sites for hydroxylation is 1. The Kier molecular flexibility index (Phi) is 1.50. The van der Waals surface area contributed by atoms with Gasteiger partial charge in [-0.2, -0.15) is 0 Å². The van der Waals surface area contributed by atoms with Gasteiger partial charge in [-0.15, -0.1) is 0 Å². The Bertz CT molecular complexity index is 369. The second kappa shape index (κ2) is 2.52. The average Bonchev–Trinajstić information content (AvgIpc) is 2.07. The molecule has 1 aliphatic carbocycles. The lowest BCUT2D eigenvalue weighted by atomic mass is 10.0. The van der Waals surface area contributed by atoms with Gasteiger partial charge < -0.3 is 0 Å². The van der Waals surface area contributed by atoms with Gasteiger partial charge in [-0.25, -0.2) is 9.97 Å². The number of aromatic nitrogens is 2. The van der Waals surface area contributed by atoms with Crippen molar-refractivity contribution in [1.29, 1.82) is 0 Å². The summed E-state index contributed by atoms with van der Waals surface area (Å²) in [6, 6.07) is 0. The maximum Gasteiger partial charge on any atom is 0.185 e. The van der Waals surface area contributed by atoms with Crippen LogP contribution in [0.25, 0.3) is 6.08 Å². The van der Waals surface area contributed by atoms with E-state index in [-0.39, 0.29) is 5.78 Å². The summed E-state index contributed by atoms with van der Waals surface area (Å²) >= 11 is 0. The molecule has 1 aromatic heterocycles. The van der Waals surface area contributed by atoms with Gasteiger partial charge in [0.05, 0.1) is 0 Å². The van der Waals surface area contributed by atoms with E-state index in [0.717, 1.165) is 5.56 Å². The van der Waals surface area contributed by atoms with E-state index in [1.54, 1.807) is 13.1 Å². The van der Waals surface area contributed by atoms with Gasteiger partial charge in [-0.1, -0.05) is 12.2 Å². The Balaban J connectivity index is 2.63. The molecule has 0 saturated heterocycles. The third kappa shape index (κ3) is 1.03. The van der Waals surface area contributed by atoms with Crippen LogP contribution in [0.5, 0.6) is 0 Å². The minimum atomic E-state index is 0.0815. The summed E-state index contributed by atoms with van der Waals surface area (Å²) in [4.78, 5) is 19.4. The third-order valence-electron chi connectivity index (χ3n) is 1.80. The van der Waals surface area contributed by atoms with Crippen molar-refractivity contribution in [2.45, 2.75) is 13.3 Å². The third-order valence-corrected chi connectivity index (χ3v) is 1.80. The van der Waals surface area contributed by atoms with Crippen LogP contribution in [0, 0.1) is 6.92 Å². The molecule has 12 heavy (non-hydrogen) atoms. The highest BCUT2D eigenvalue weighted by molar-refractivity contribution is 6.00. The number of hydrogen-bond donors (Lipinski definition) is 0. The first-order chi connectivity index (χ1) is 5.77. The highest BCUT2D eigenvalue weighted by atomic mass is 16.1. The maximum absolute atomic E-state index is 11.3. The summed E-state index contributed by atoms with van der Waals surface area (Å²) in [7, 11) is 0. The summed E-state index contributed by atoms with van der Waals surface area (Å²) in [5.41, 5.74) is 1.39. The Labute approximate surface area is 70.2 Å². The van der Waals surface area contributed by atoms with Gasteiger partial charge in [0, 0.05) is 18.2 Å². The molecule has 0 aliphatic heterocycles. The molecule has 3 nitrogen and oxygen atoms in total. The predicted octanol–water partition coefficient (Wildman–Crippen LogP) is 1.38. The first-order valence-corrected chi connectivity index (χ1v) is 3.81. The molecule has 0 aromatic carbocycles. The van der Waals surface area contributed by atoms with Crippen LogP contribution in [0.15, 0.2) is 12.3 Å². The number of Topliss-reactive ketones (excluding diaryl/α,β-unsaturated/α-hetero) is 1. The maximum atomic E-state index is 11.3. The molecule has 0 spiro atoms. The van der Waals surface area contributed by atoms with E-state index in [1.165, 1.54) is 0 Å². The molecule has 0 unspecified atom stereocenters. The normalized spacial score (nSPS) is 14.6. The molecule has 0 amide bonds.